The molecule has 1 aromatic carbocycles. The second-order valence-corrected chi connectivity index (χ2v) is 3.38. The molecule has 0 saturated heterocycles. The van der Waals surface area contributed by atoms with Crippen molar-refractivity contribution < 1.29 is 19.1 Å². The first-order valence-electron chi connectivity index (χ1n) is 5.30. The third kappa shape index (κ3) is 4.25. The minimum Gasteiger partial charge on any atom is -0.466 e. The molecule has 18 heavy (non-hydrogen) atoms. The van der Waals surface area contributed by atoms with E-state index in [0.29, 0.717) is 0 Å². The van der Waals surface area contributed by atoms with Gasteiger partial charge in [-0.25, -0.2) is 9.59 Å². The summed E-state index contributed by atoms with van der Waals surface area (Å²) in [5.74, 6) is -1.12. The quantitative estimate of drug-likeness (QED) is 0.588. The third-order valence-electron chi connectivity index (χ3n) is 2.12. The average Bonchev–Trinajstić information content (AvgIpc) is 2.43. The Morgan fingerprint density at radius 3 is 2.50 bits per heavy atom. The van der Waals surface area contributed by atoms with Crippen LogP contribution in [0.25, 0.3) is 6.08 Å². The number of carbonyl (C=O) groups excluding carboxylic acids is 2. The average molecular weight is 246 g/mol. The van der Waals surface area contributed by atoms with E-state index < -0.39 is 11.9 Å². The molecule has 0 bridgehead atoms. The molecule has 0 heterocycles. The lowest BCUT2D eigenvalue weighted by molar-refractivity contribution is -0.139. The van der Waals surface area contributed by atoms with E-state index in [0.717, 1.165) is 11.6 Å². The van der Waals surface area contributed by atoms with Gasteiger partial charge in [0.1, 0.15) is 6.61 Å². The standard InChI is InChI=1S/C14H14O4/c1-3-13(15)18-10-12(14(16)17-2)9-11-7-5-4-6-8-11/h3-9H,1,10H2,2H3/b12-9+. The molecule has 0 aliphatic rings. The lowest BCUT2D eigenvalue weighted by Gasteiger charge is -2.06. The molecule has 94 valence electrons. The Hall–Kier alpha value is -2.36. The van der Waals surface area contributed by atoms with E-state index in [9.17, 15) is 9.59 Å². The Balaban J connectivity index is 2.85. The predicted molar refractivity (Wildman–Crippen MR) is 67.6 cm³/mol. The van der Waals surface area contributed by atoms with Crippen molar-refractivity contribution >= 4 is 18.0 Å². The molecular formula is C14H14O4. The summed E-state index contributed by atoms with van der Waals surface area (Å²) in [5.41, 5.74) is 1.09. The predicted octanol–water partition coefficient (Wildman–Crippen LogP) is 1.97. The monoisotopic (exact) mass is 246 g/mol. The summed E-state index contributed by atoms with van der Waals surface area (Å²) in [6.45, 7) is 3.13. The molecule has 1 rings (SSSR count). The van der Waals surface area contributed by atoms with Crippen molar-refractivity contribution in [1.29, 1.82) is 0 Å². The fraction of sp³-hybridized carbons (Fsp3) is 0.143. The summed E-state index contributed by atoms with van der Waals surface area (Å²) >= 11 is 0. The van der Waals surface area contributed by atoms with Crippen molar-refractivity contribution in [1.82, 2.24) is 0 Å². The summed E-state index contributed by atoms with van der Waals surface area (Å²) in [6.07, 6.45) is 2.65. The number of hydrogen-bond acceptors (Lipinski definition) is 4. The lowest BCUT2D eigenvalue weighted by Crippen LogP contribution is -2.13. The zero-order chi connectivity index (χ0) is 13.4. The van der Waals surface area contributed by atoms with Crippen LogP contribution in [0.3, 0.4) is 0 Å². The lowest BCUT2D eigenvalue weighted by atomic mass is 10.1. The number of esters is 2. The van der Waals surface area contributed by atoms with Gasteiger partial charge in [-0.2, -0.15) is 0 Å². The fourth-order valence-corrected chi connectivity index (χ4v) is 1.25. The zero-order valence-electron chi connectivity index (χ0n) is 10.1. The highest BCUT2D eigenvalue weighted by molar-refractivity contribution is 5.94. The molecule has 0 aliphatic heterocycles. The van der Waals surface area contributed by atoms with Gasteiger partial charge in [0.25, 0.3) is 0 Å². The van der Waals surface area contributed by atoms with Crippen LogP contribution in [0.2, 0.25) is 0 Å². The normalized spacial score (nSPS) is 10.6. The summed E-state index contributed by atoms with van der Waals surface area (Å²) in [4.78, 5) is 22.5. The van der Waals surface area contributed by atoms with Crippen molar-refractivity contribution in [3.05, 3.63) is 54.1 Å². The van der Waals surface area contributed by atoms with E-state index >= 15 is 0 Å². The molecule has 0 N–H and O–H groups in total. The maximum Gasteiger partial charge on any atom is 0.337 e. The highest BCUT2D eigenvalue weighted by Gasteiger charge is 2.11. The largest absolute Gasteiger partial charge is 0.466 e. The van der Waals surface area contributed by atoms with E-state index in [1.165, 1.54) is 7.11 Å². The van der Waals surface area contributed by atoms with Crippen molar-refractivity contribution in [2.45, 2.75) is 0 Å². The van der Waals surface area contributed by atoms with Gasteiger partial charge in [0.2, 0.25) is 0 Å². The molecule has 4 heteroatoms. The van der Waals surface area contributed by atoms with Crippen LogP contribution < -0.4 is 0 Å². The number of benzene rings is 1. The summed E-state index contributed by atoms with van der Waals surface area (Å²) in [6, 6.07) is 9.22. The Labute approximate surface area is 106 Å². The van der Waals surface area contributed by atoms with Gasteiger partial charge in [0.15, 0.2) is 0 Å². The second-order valence-electron chi connectivity index (χ2n) is 3.38. The van der Waals surface area contributed by atoms with Crippen molar-refractivity contribution in [3.63, 3.8) is 0 Å². The molecule has 0 aliphatic carbocycles. The first kappa shape index (κ1) is 13.7. The van der Waals surface area contributed by atoms with Crippen molar-refractivity contribution in [3.8, 4) is 0 Å². The van der Waals surface area contributed by atoms with Gasteiger partial charge in [-0.15, -0.1) is 0 Å². The summed E-state index contributed by atoms with van der Waals surface area (Å²) in [7, 11) is 1.27. The summed E-state index contributed by atoms with van der Waals surface area (Å²) in [5, 5.41) is 0. The van der Waals surface area contributed by atoms with Gasteiger partial charge in [-0.3, -0.25) is 0 Å². The third-order valence-corrected chi connectivity index (χ3v) is 2.12. The molecule has 0 amide bonds. The van der Waals surface area contributed by atoms with E-state index in [4.69, 9.17) is 4.74 Å². The minimum absolute atomic E-state index is 0.146. The van der Waals surface area contributed by atoms with Gasteiger partial charge in [0, 0.05) is 6.08 Å². The Morgan fingerprint density at radius 2 is 1.94 bits per heavy atom. The zero-order valence-corrected chi connectivity index (χ0v) is 10.1. The van der Waals surface area contributed by atoms with Crippen LogP contribution in [0.5, 0.6) is 0 Å². The molecule has 0 fully saturated rings. The first-order valence-corrected chi connectivity index (χ1v) is 5.30. The Kier molecular flexibility index (Phi) is 5.38. The molecule has 0 saturated carbocycles. The van der Waals surface area contributed by atoms with Gasteiger partial charge < -0.3 is 9.47 Å². The van der Waals surface area contributed by atoms with E-state index in [2.05, 4.69) is 11.3 Å². The SMILES string of the molecule is C=CC(=O)OC/C(=C\c1ccccc1)C(=O)OC. The van der Waals surface area contributed by atoms with Crippen LogP contribution in [0.1, 0.15) is 5.56 Å². The smallest absolute Gasteiger partial charge is 0.337 e. The van der Waals surface area contributed by atoms with E-state index in [-0.39, 0.29) is 12.2 Å². The molecule has 0 aromatic heterocycles. The van der Waals surface area contributed by atoms with Crippen LogP contribution in [-0.4, -0.2) is 25.7 Å². The molecule has 0 unspecified atom stereocenters. The van der Waals surface area contributed by atoms with Crippen LogP contribution >= 0.6 is 0 Å². The van der Waals surface area contributed by atoms with Crippen LogP contribution in [0.4, 0.5) is 0 Å². The fourth-order valence-electron chi connectivity index (χ4n) is 1.25. The van der Waals surface area contributed by atoms with E-state index in [1.54, 1.807) is 6.08 Å². The molecular weight excluding hydrogens is 232 g/mol. The highest BCUT2D eigenvalue weighted by Crippen LogP contribution is 2.08. The number of ether oxygens (including phenoxy) is 2. The van der Waals surface area contributed by atoms with Gasteiger partial charge >= 0.3 is 11.9 Å². The number of rotatable bonds is 5. The van der Waals surface area contributed by atoms with Gasteiger partial charge in [-0.1, -0.05) is 36.9 Å². The minimum atomic E-state index is -0.585. The number of hydrogen-bond donors (Lipinski definition) is 0. The second kappa shape index (κ2) is 7.06. The van der Waals surface area contributed by atoms with Crippen molar-refractivity contribution in [2.75, 3.05) is 13.7 Å². The maximum atomic E-state index is 11.5. The molecule has 1 aromatic rings. The van der Waals surface area contributed by atoms with Crippen LogP contribution in [-0.2, 0) is 19.1 Å². The molecule has 4 nitrogen and oxygen atoms in total. The Bertz CT molecular complexity index is 460. The topological polar surface area (TPSA) is 52.6 Å². The maximum absolute atomic E-state index is 11.5. The number of methoxy groups -OCH3 is 1. The van der Waals surface area contributed by atoms with E-state index in [1.807, 2.05) is 30.3 Å². The van der Waals surface area contributed by atoms with Crippen molar-refractivity contribution in [2.24, 2.45) is 0 Å². The summed E-state index contributed by atoms with van der Waals surface area (Å²) < 4.78 is 9.45. The first-order chi connectivity index (χ1) is 8.67. The Morgan fingerprint density at radius 1 is 1.28 bits per heavy atom. The number of carbonyl (C=O) groups is 2. The van der Waals surface area contributed by atoms with Gasteiger partial charge in [0.05, 0.1) is 12.7 Å². The highest BCUT2D eigenvalue weighted by atomic mass is 16.5. The van der Waals surface area contributed by atoms with Gasteiger partial charge in [-0.05, 0) is 11.6 Å². The van der Waals surface area contributed by atoms with Crippen LogP contribution in [0.15, 0.2) is 48.6 Å². The molecule has 0 spiro atoms. The van der Waals surface area contributed by atoms with Crippen LogP contribution in [0, 0.1) is 0 Å². The molecule has 0 radical (unpaired) electrons. The molecule has 0 atom stereocenters.